The molecule has 2 aromatic carbocycles. The van der Waals surface area contributed by atoms with Crippen LogP contribution in [-0.4, -0.2) is 11.7 Å². The average Bonchev–Trinajstić information content (AvgIpc) is 2.57. The molecule has 4 N–H and O–H groups in total. The molecule has 0 heterocycles. The van der Waals surface area contributed by atoms with Crippen LogP contribution < -0.4 is 11.2 Å². The summed E-state index contributed by atoms with van der Waals surface area (Å²) >= 11 is 6.82. The molecule has 0 spiro atoms. The van der Waals surface area contributed by atoms with E-state index >= 15 is 0 Å². The lowest BCUT2D eigenvalue weighted by molar-refractivity contribution is 0.998. The van der Waals surface area contributed by atoms with Gasteiger partial charge in [-0.3, -0.25) is 5.41 Å². The Balaban J connectivity index is 0.00000312. The Morgan fingerprint density at radius 1 is 0.880 bits per heavy atom. The summed E-state index contributed by atoms with van der Waals surface area (Å²) in [6.45, 7) is 0. The van der Waals surface area contributed by atoms with E-state index in [1.54, 1.807) is 0 Å². The molecule has 0 aromatic heterocycles. The Kier molecular flexibility index (Phi) is 9.20. The van der Waals surface area contributed by atoms with E-state index in [1.807, 2.05) is 72.8 Å². The lowest BCUT2D eigenvalue weighted by Crippen LogP contribution is -2.26. The second-order valence-electron chi connectivity index (χ2n) is 4.83. The van der Waals surface area contributed by atoms with Crippen LogP contribution in [0.4, 0.5) is 0 Å². The summed E-state index contributed by atoms with van der Waals surface area (Å²) < 4.78 is 2.06. The molecule has 25 heavy (non-hydrogen) atoms. The van der Waals surface area contributed by atoms with Crippen LogP contribution in [0.2, 0.25) is 0 Å². The molecule has 0 unspecified atom stereocenters. The maximum Gasteiger partial charge on any atom is 0.206 e. The van der Waals surface area contributed by atoms with Crippen molar-refractivity contribution in [3.05, 3.63) is 80.8 Å². The van der Waals surface area contributed by atoms with Gasteiger partial charge in [-0.1, -0.05) is 68.3 Å². The molecule has 0 aliphatic heterocycles. The quantitative estimate of drug-likeness (QED) is 0.310. The van der Waals surface area contributed by atoms with Crippen LogP contribution in [0, 0.1) is 5.41 Å². The van der Waals surface area contributed by atoms with Crippen LogP contribution in [0.1, 0.15) is 11.1 Å². The number of hydrogen-bond acceptors (Lipinski definition) is 2. The molecule has 7 heteroatoms. The first-order chi connectivity index (χ1) is 11.5. The summed E-state index contributed by atoms with van der Waals surface area (Å²) in [6.07, 6.45) is 7.60. The zero-order valence-electron chi connectivity index (χ0n) is 13.1. The minimum absolute atomic E-state index is 0. The van der Waals surface area contributed by atoms with Crippen molar-refractivity contribution in [2.24, 2.45) is 10.8 Å². The van der Waals surface area contributed by atoms with Crippen molar-refractivity contribution in [3.8, 4) is 0 Å². The minimum Gasteiger partial charge on any atom is -0.369 e. The van der Waals surface area contributed by atoms with Gasteiger partial charge in [0.25, 0.3) is 0 Å². The standard InChI is InChI=1S/C18H16Br2N4.ClH/c19-15-7-1-13(2-8-15)5-11-17(23-24-18(21)22)12-6-14-3-9-16(20)10-4-14;/h1-12H,(H4,21,22,24);1H. The summed E-state index contributed by atoms with van der Waals surface area (Å²) in [5.74, 6) is -0.207. The Morgan fingerprint density at radius 2 is 1.28 bits per heavy atom. The molecule has 0 bridgehead atoms. The van der Waals surface area contributed by atoms with Gasteiger partial charge in [-0.2, -0.15) is 5.10 Å². The maximum atomic E-state index is 7.23. The minimum atomic E-state index is -0.207. The van der Waals surface area contributed by atoms with Gasteiger partial charge in [0.2, 0.25) is 5.96 Å². The fourth-order valence-corrected chi connectivity index (χ4v) is 2.29. The van der Waals surface area contributed by atoms with E-state index in [0.29, 0.717) is 5.71 Å². The Hall–Kier alpha value is -1.89. The Morgan fingerprint density at radius 3 is 1.64 bits per heavy atom. The number of hydrogen-bond donors (Lipinski definition) is 3. The number of nitrogens with one attached hydrogen (secondary N) is 2. The van der Waals surface area contributed by atoms with Crippen LogP contribution in [0.15, 0.2) is 74.7 Å². The summed E-state index contributed by atoms with van der Waals surface area (Å²) in [5.41, 5.74) is 10.5. The molecule has 0 radical (unpaired) electrons. The lowest BCUT2D eigenvalue weighted by Gasteiger charge is -1.99. The SMILES string of the molecule is Cl.N=C(N)NN=C(C=Cc1ccc(Br)cc1)C=Cc1ccc(Br)cc1. The summed E-state index contributed by atoms with van der Waals surface area (Å²) in [5, 5.41) is 11.3. The normalized spacial score (nSPS) is 10.5. The number of rotatable bonds is 5. The van der Waals surface area contributed by atoms with E-state index in [1.165, 1.54) is 0 Å². The molecule has 0 aliphatic carbocycles. The molecular formula is C18H17Br2ClN4. The highest BCUT2D eigenvalue weighted by molar-refractivity contribution is 9.10. The van der Waals surface area contributed by atoms with Crippen molar-refractivity contribution in [1.82, 2.24) is 5.43 Å². The first-order valence-corrected chi connectivity index (χ1v) is 8.66. The molecule has 0 atom stereocenters. The number of guanidine groups is 1. The highest BCUT2D eigenvalue weighted by Gasteiger charge is 1.93. The number of halogens is 3. The predicted octanol–water partition coefficient (Wildman–Crippen LogP) is 5.20. The largest absolute Gasteiger partial charge is 0.369 e. The van der Waals surface area contributed by atoms with Crippen molar-refractivity contribution in [2.45, 2.75) is 0 Å². The molecule has 0 aliphatic rings. The van der Waals surface area contributed by atoms with Gasteiger partial charge in [0.1, 0.15) is 0 Å². The van der Waals surface area contributed by atoms with Crippen LogP contribution in [-0.2, 0) is 0 Å². The van der Waals surface area contributed by atoms with Gasteiger partial charge in [-0.15, -0.1) is 12.4 Å². The topological polar surface area (TPSA) is 74.3 Å². The van der Waals surface area contributed by atoms with Crippen molar-refractivity contribution in [2.75, 3.05) is 0 Å². The van der Waals surface area contributed by atoms with Gasteiger partial charge in [0.05, 0.1) is 5.71 Å². The summed E-state index contributed by atoms with van der Waals surface area (Å²) in [6, 6.07) is 15.9. The van der Waals surface area contributed by atoms with Gasteiger partial charge in [0, 0.05) is 8.95 Å². The number of hydrazone groups is 1. The zero-order chi connectivity index (χ0) is 17.4. The maximum absolute atomic E-state index is 7.23. The van der Waals surface area contributed by atoms with Crippen molar-refractivity contribution >= 4 is 68.1 Å². The molecule has 2 rings (SSSR count). The van der Waals surface area contributed by atoms with Crippen molar-refractivity contribution < 1.29 is 0 Å². The monoisotopic (exact) mass is 482 g/mol. The second-order valence-corrected chi connectivity index (χ2v) is 6.66. The average molecular weight is 485 g/mol. The van der Waals surface area contributed by atoms with Crippen LogP contribution in [0.3, 0.4) is 0 Å². The molecule has 0 saturated heterocycles. The third-order valence-corrected chi connectivity index (χ3v) is 4.00. The van der Waals surface area contributed by atoms with Crippen LogP contribution in [0.25, 0.3) is 12.2 Å². The number of allylic oxidation sites excluding steroid dienone is 2. The number of nitrogens with two attached hydrogens (primary N) is 1. The Labute approximate surface area is 170 Å². The second kappa shape index (κ2) is 10.9. The molecule has 130 valence electrons. The number of benzene rings is 2. The van der Waals surface area contributed by atoms with E-state index in [2.05, 4.69) is 42.4 Å². The van der Waals surface area contributed by atoms with Gasteiger partial charge in [0.15, 0.2) is 0 Å². The zero-order valence-corrected chi connectivity index (χ0v) is 17.1. The van der Waals surface area contributed by atoms with Crippen molar-refractivity contribution in [3.63, 3.8) is 0 Å². The van der Waals surface area contributed by atoms with E-state index < -0.39 is 0 Å². The highest BCUT2D eigenvalue weighted by atomic mass is 79.9. The fourth-order valence-electron chi connectivity index (χ4n) is 1.77. The number of nitrogens with zero attached hydrogens (tertiary/aromatic N) is 1. The molecule has 0 amide bonds. The summed E-state index contributed by atoms with van der Waals surface area (Å²) in [7, 11) is 0. The van der Waals surface area contributed by atoms with Gasteiger partial charge < -0.3 is 5.73 Å². The molecule has 0 fully saturated rings. The molecule has 2 aromatic rings. The van der Waals surface area contributed by atoms with E-state index in [4.69, 9.17) is 11.1 Å². The Bertz CT molecular complexity index is 724. The smallest absolute Gasteiger partial charge is 0.206 e. The van der Waals surface area contributed by atoms with Gasteiger partial charge in [-0.05, 0) is 47.5 Å². The summed E-state index contributed by atoms with van der Waals surface area (Å²) in [4.78, 5) is 0. The lowest BCUT2D eigenvalue weighted by atomic mass is 10.1. The fraction of sp³-hybridized carbons (Fsp3) is 0. The van der Waals surface area contributed by atoms with Crippen LogP contribution >= 0.6 is 44.3 Å². The van der Waals surface area contributed by atoms with Crippen LogP contribution in [0.5, 0.6) is 0 Å². The van der Waals surface area contributed by atoms with E-state index in [-0.39, 0.29) is 18.4 Å². The first kappa shape index (κ1) is 21.2. The molecular weight excluding hydrogens is 467 g/mol. The van der Waals surface area contributed by atoms with Gasteiger partial charge >= 0.3 is 0 Å². The highest BCUT2D eigenvalue weighted by Crippen LogP contribution is 2.13. The first-order valence-electron chi connectivity index (χ1n) is 7.08. The molecule has 0 saturated carbocycles. The van der Waals surface area contributed by atoms with E-state index in [0.717, 1.165) is 20.1 Å². The van der Waals surface area contributed by atoms with E-state index in [9.17, 15) is 0 Å². The van der Waals surface area contributed by atoms with Crippen molar-refractivity contribution in [1.29, 1.82) is 5.41 Å². The predicted molar refractivity (Wildman–Crippen MR) is 116 cm³/mol. The van der Waals surface area contributed by atoms with Gasteiger partial charge in [-0.25, -0.2) is 5.43 Å². The molecule has 4 nitrogen and oxygen atoms in total. The third-order valence-electron chi connectivity index (χ3n) is 2.94. The third kappa shape index (κ3) is 8.16.